The molecule has 3 N–H and O–H groups in total. The first-order valence-electron chi connectivity index (χ1n) is 14.5. The number of benzene rings is 2. The molecule has 42 heavy (non-hydrogen) atoms. The zero-order chi connectivity index (χ0) is 29.9. The minimum absolute atomic E-state index is 0.277. The van der Waals surface area contributed by atoms with Crippen LogP contribution in [-0.2, 0) is 11.0 Å². The third-order valence-electron chi connectivity index (χ3n) is 8.04. The Labute approximate surface area is 252 Å². The number of rotatable bonds is 9. The molecule has 0 saturated carbocycles. The van der Waals surface area contributed by atoms with Gasteiger partial charge >= 0.3 is 0 Å². The summed E-state index contributed by atoms with van der Waals surface area (Å²) in [5.41, 5.74) is 3.64. The summed E-state index contributed by atoms with van der Waals surface area (Å²) >= 11 is 6.43. The molecular weight excluding hydrogens is 576 g/mol. The smallest absolute Gasteiger partial charge is 0.229 e. The van der Waals surface area contributed by atoms with E-state index in [9.17, 15) is 8.96 Å². The van der Waals surface area contributed by atoms with Crippen molar-refractivity contribution in [1.29, 1.82) is 0 Å². The number of ether oxygens (including phenoxy) is 1. The van der Waals surface area contributed by atoms with Crippen molar-refractivity contribution in [2.45, 2.75) is 32.2 Å². The van der Waals surface area contributed by atoms with E-state index in [-0.39, 0.29) is 5.02 Å². The predicted molar refractivity (Wildman–Crippen MR) is 171 cm³/mol. The number of aromatic nitrogens is 2. The second-order valence-electron chi connectivity index (χ2n) is 11.2. The molecule has 3 heterocycles. The molecule has 12 heteroatoms. The van der Waals surface area contributed by atoms with E-state index < -0.39 is 13.0 Å². The maximum absolute atomic E-state index is 13.9. The van der Waals surface area contributed by atoms with Crippen molar-refractivity contribution >= 4 is 52.9 Å². The maximum atomic E-state index is 13.9. The van der Waals surface area contributed by atoms with Crippen LogP contribution in [0, 0.1) is 5.82 Å². The maximum Gasteiger partial charge on any atom is 0.229 e. The first-order valence-corrected chi connectivity index (χ1v) is 17.5. The van der Waals surface area contributed by atoms with Gasteiger partial charge < -0.3 is 30.2 Å². The molecule has 0 amide bonds. The number of hydrogen-bond donors (Lipinski definition) is 3. The lowest BCUT2D eigenvalue weighted by Gasteiger charge is -2.41. The zero-order valence-corrected chi connectivity index (χ0v) is 26.4. The van der Waals surface area contributed by atoms with E-state index in [4.69, 9.17) is 16.3 Å². The van der Waals surface area contributed by atoms with E-state index in [1.165, 1.54) is 35.6 Å². The van der Waals surface area contributed by atoms with Crippen LogP contribution in [0.3, 0.4) is 0 Å². The van der Waals surface area contributed by atoms with Crippen molar-refractivity contribution in [1.82, 2.24) is 20.2 Å². The summed E-state index contributed by atoms with van der Waals surface area (Å²) in [7, 11) is -1.12. The van der Waals surface area contributed by atoms with Crippen LogP contribution in [0.25, 0.3) is 0 Å². The van der Waals surface area contributed by atoms with E-state index in [0.29, 0.717) is 34.5 Å². The van der Waals surface area contributed by atoms with E-state index in [2.05, 4.69) is 54.8 Å². The molecule has 1 aromatic heterocycles. The zero-order valence-electron chi connectivity index (χ0n) is 24.7. The van der Waals surface area contributed by atoms with Gasteiger partial charge in [-0.05, 0) is 62.4 Å². The van der Waals surface area contributed by atoms with Crippen LogP contribution in [-0.4, -0.2) is 80.6 Å². The summed E-state index contributed by atoms with van der Waals surface area (Å²) < 4.78 is 32.6. The van der Waals surface area contributed by atoms with Gasteiger partial charge in [-0.2, -0.15) is 4.98 Å². The first-order chi connectivity index (χ1) is 20.2. The number of anilines is 5. The number of aryl methyl sites for hydroxylation is 1. The molecule has 3 aromatic rings. The van der Waals surface area contributed by atoms with Crippen LogP contribution in [0.15, 0.2) is 36.5 Å². The van der Waals surface area contributed by atoms with Gasteiger partial charge in [0, 0.05) is 62.4 Å². The van der Waals surface area contributed by atoms with Crippen molar-refractivity contribution in [3.8, 4) is 5.75 Å². The summed E-state index contributed by atoms with van der Waals surface area (Å²) in [6, 6.07) is 8.98. The number of halogens is 2. The summed E-state index contributed by atoms with van der Waals surface area (Å²) in [4.78, 5) is 14.1. The minimum Gasteiger partial charge on any atom is -0.494 e. The standard InChI is InChI=1S/C30H40ClFN7O2P/c1-5-20-16-25(27(41-2)18-26(20)39-12-8-22(9-13-39)38-14-10-33-11-15-38)36-30-34-19-23(31)29(37-30)35-24-7-6-21(32)17-28(24)42(3,4)40/h6-7,16-19,22,33H,5,8-15H2,1-4H3,(H2,34,35,36,37). The number of nitrogens with one attached hydrogen (secondary N) is 3. The predicted octanol–water partition coefficient (Wildman–Crippen LogP) is 5.45. The van der Waals surface area contributed by atoms with Crippen LogP contribution in [0.5, 0.6) is 5.75 Å². The molecule has 2 aliphatic heterocycles. The number of piperazine rings is 1. The van der Waals surface area contributed by atoms with Gasteiger partial charge in [0.15, 0.2) is 5.82 Å². The Balaban J connectivity index is 1.35. The molecule has 2 aliphatic rings. The Kier molecular flexibility index (Phi) is 9.57. The van der Waals surface area contributed by atoms with E-state index in [1.807, 2.05) is 0 Å². The van der Waals surface area contributed by atoms with Crippen LogP contribution >= 0.6 is 18.7 Å². The molecule has 0 aliphatic carbocycles. The Morgan fingerprint density at radius 1 is 1.10 bits per heavy atom. The molecule has 2 saturated heterocycles. The highest BCUT2D eigenvalue weighted by Gasteiger charge is 2.27. The second-order valence-corrected chi connectivity index (χ2v) is 14.8. The van der Waals surface area contributed by atoms with E-state index >= 15 is 0 Å². The Morgan fingerprint density at radius 3 is 2.50 bits per heavy atom. The molecule has 0 atom stereocenters. The molecule has 0 spiro atoms. The third-order valence-corrected chi connectivity index (χ3v) is 9.85. The monoisotopic (exact) mass is 615 g/mol. The number of methoxy groups -OCH3 is 1. The lowest BCUT2D eigenvalue weighted by molar-refractivity contribution is 0.150. The van der Waals surface area contributed by atoms with Crippen LogP contribution in [0.1, 0.15) is 25.3 Å². The Hall–Kier alpha value is -2.91. The van der Waals surface area contributed by atoms with Crippen molar-refractivity contribution in [3.63, 3.8) is 0 Å². The summed E-state index contributed by atoms with van der Waals surface area (Å²) in [6.07, 6.45) is 4.66. The molecule has 0 bridgehead atoms. The quantitative estimate of drug-likeness (QED) is 0.272. The normalized spacial score (nSPS) is 16.9. The summed E-state index contributed by atoms with van der Waals surface area (Å²) in [5, 5.41) is 10.5. The van der Waals surface area contributed by atoms with Crippen molar-refractivity contribution in [2.75, 3.05) is 75.2 Å². The largest absolute Gasteiger partial charge is 0.494 e. The Bertz CT molecular complexity index is 1460. The summed E-state index contributed by atoms with van der Waals surface area (Å²) in [6.45, 7) is 11.8. The lowest BCUT2D eigenvalue weighted by atomic mass is 9.99. The average molecular weight is 616 g/mol. The van der Waals surface area contributed by atoms with Gasteiger partial charge in [-0.15, -0.1) is 0 Å². The molecule has 2 aromatic carbocycles. The topological polar surface area (TPSA) is 94.6 Å². The fourth-order valence-corrected chi connectivity index (χ4v) is 7.08. The van der Waals surface area contributed by atoms with Gasteiger partial charge in [0.05, 0.1) is 24.7 Å². The fourth-order valence-electron chi connectivity index (χ4n) is 5.80. The lowest BCUT2D eigenvalue weighted by Crippen LogP contribution is -2.52. The van der Waals surface area contributed by atoms with Crippen molar-refractivity contribution in [3.05, 3.63) is 52.9 Å². The van der Waals surface area contributed by atoms with Crippen molar-refractivity contribution in [2.24, 2.45) is 0 Å². The molecule has 5 rings (SSSR count). The molecular formula is C30H40ClFN7O2P. The van der Waals surface area contributed by atoms with E-state index in [0.717, 1.165) is 64.2 Å². The summed E-state index contributed by atoms with van der Waals surface area (Å²) in [5.74, 6) is 0.862. The highest BCUT2D eigenvalue weighted by Crippen LogP contribution is 2.40. The van der Waals surface area contributed by atoms with Gasteiger partial charge in [0.1, 0.15) is 23.7 Å². The highest BCUT2D eigenvalue weighted by molar-refractivity contribution is 7.70. The van der Waals surface area contributed by atoms with E-state index in [1.54, 1.807) is 20.4 Å². The number of nitrogens with zero attached hydrogens (tertiary/aromatic N) is 4. The molecule has 226 valence electrons. The number of hydrogen-bond acceptors (Lipinski definition) is 9. The Morgan fingerprint density at radius 2 is 1.83 bits per heavy atom. The van der Waals surface area contributed by atoms with Crippen LogP contribution in [0.4, 0.5) is 33.2 Å². The van der Waals surface area contributed by atoms with Crippen LogP contribution < -0.4 is 30.9 Å². The molecule has 9 nitrogen and oxygen atoms in total. The minimum atomic E-state index is -2.78. The average Bonchev–Trinajstić information content (AvgIpc) is 2.99. The second kappa shape index (κ2) is 13.2. The fraction of sp³-hybridized carbons (Fsp3) is 0.467. The van der Waals surface area contributed by atoms with Crippen LogP contribution in [0.2, 0.25) is 5.02 Å². The first kappa shape index (κ1) is 30.5. The third kappa shape index (κ3) is 7.00. The molecule has 0 radical (unpaired) electrons. The number of piperidine rings is 1. The van der Waals surface area contributed by atoms with Gasteiger partial charge in [0.2, 0.25) is 5.95 Å². The molecule has 2 fully saturated rings. The van der Waals surface area contributed by atoms with Gasteiger partial charge in [0.25, 0.3) is 0 Å². The SMILES string of the molecule is CCc1cc(Nc2ncc(Cl)c(Nc3ccc(F)cc3P(C)(C)=O)n2)c(OC)cc1N1CCC(N2CCNCC2)CC1. The molecule has 0 unspecified atom stereocenters. The van der Waals surface area contributed by atoms with Crippen molar-refractivity contribution < 1.29 is 13.7 Å². The van der Waals surface area contributed by atoms with Gasteiger partial charge in [-0.25, -0.2) is 9.37 Å². The van der Waals surface area contributed by atoms with Gasteiger partial charge in [-0.1, -0.05) is 18.5 Å². The highest BCUT2D eigenvalue weighted by atomic mass is 35.5. The van der Waals surface area contributed by atoms with Gasteiger partial charge in [-0.3, -0.25) is 4.90 Å².